The highest BCUT2D eigenvalue weighted by Gasteiger charge is 2.38. The predicted octanol–water partition coefficient (Wildman–Crippen LogP) is 2.71. The monoisotopic (exact) mass is 325 g/mol. The van der Waals surface area contributed by atoms with E-state index >= 15 is 0 Å². The van der Waals surface area contributed by atoms with Crippen molar-refractivity contribution in [3.8, 4) is 11.5 Å². The van der Waals surface area contributed by atoms with E-state index in [9.17, 15) is 4.79 Å². The molecule has 0 spiro atoms. The fourth-order valence-electron chi connectivity index (χ4n) is 3.45. The summed E-state index contributed by atoms with van der Waals surface area (Å²) in [5.74, 6) is 1.30. The number of fused-ring (bicyclic) bond motifs is 1. The Kier molecular flexibility index (Phi) is 3.59. The zero-order valence-corrected chi connectivity index (χ0v) is 13.5. The maximum atomic E-state index is 12.7. The second kappa shape index (κ2) is 5.78. The van der Waals surface area contributed by atoms with Gasteiger partial charge in [0.2, 0.25) is 6.79 Å². The molecule has 6 nitrogen and oxygen atoms in total. The molecule has 1 saturated carbocycles. The van der Waals surface area contributed by atoms with Gasteiger partial charge in [0, 0.05) is 6.20 Å². The first-order chi connectivity index (χ1) is 11.7. The molecular weight excluding hydrogens is 306 g/mol. The topological polar surface area (TPSA) is 73.3 Å². The molecule has 2 aliphatic rings. The van der Waals surface area contributed by atoms with E-state index in [4.69, 9.17) is 9.47 Å². The summed E-state index contributed by atoms with van der Waals surface area (Å²) < 4.78 is 10.9. The number of hydrogen-bond acceptors (Lipinski definition) is 5. The molecule has 1 fully saturated rings. The van der Waals surface area contributed by atoms with Crippen LogP contribution in [0.25, 0.3) is 0 Å². The average molecular weight is 325 g/mol. The summed E-state index contributed by atoms with van der Waals surface area (Å²) in [5.41, 5.74) is 1.80. The van der Waals surface area contributed by atoms with Crippen LogP contribution in [-0.4, -0.2) is 22.7 Å². The van der Waals surface area contributed by atoms with Gasteiger partial charge >= 0.3 is 0 Å². The van der Waals surface area contributed by atoms with Crippen molar-refractivity contribution < 1.29 is 14.3 Å². The van der Waals surface area contributed by atoms with Gasteiger partial charge in [0.05, 0.1) is 17.4 Å². The van der Waals surface area contributed by atoms with E-state index in [1.807, 2.05) is 25.1 Å². The number of hydrogen-bond donors (Lipinski definition) is 1. The Morgan fingerprint density at radius 2 is 1.92 bits per heavy atom. The van der Waals surface area contributed by atoms with E-state index in [0.717, 1.165) is 48.4 Å². The maximum absolute atomic E-state index is 12.7. The largest absolute Gasteiger partial charge is 0.454 e. The molecule has 0 radical (unpaired) electrons. The van der Waals surface area contributed by atoms with Gasteiger partial charge in [0.25, 0.3) is 5.91 Å². The Labute approximate surface area is 140 Å². The van der Waals surface area contributed by atoms with Gasteiger partial charge < -0.3 is 14.8 Å². The molecule has 2 heterocycles. The number of rotatable bonds is 3. The molecule has 0 atom stereocenters. The molecule has 124 valence electrons. The highest BCUT2D eigenvalue weighted by atomic mass is 16.7. The highest BCUT2D eigenvalue weighted by molar-refractivity contribution is 5.92. The van der Waals surface area contributed by atoms with Crippen molar-refractivity contribution in [1.29, 1.82) is 0 Å². The van der Waals surface area contributed by atoms with Crippen LogP contribution >= 0.6 is 0 Å². The molecule has 1 aromatic heterocycles. The average Bonchev–Trinajstić information content (AvgIpc) is 3.24. The smallest absolute Gasteiger partial charge is 0.272 e. The standard InChI is InChI=1S/C18H19N3O3/c1-12-9-20-14(10-19-12)17(22)21-18(6-2-3-7-18)13-4-5-15-16(8-13)24-11-23-15/h4-5,8-10H,2-3,6-7,11H2,1H3,(H,21,22). The Balaban J connectivity index is 1.64. The number of ether oxygens (including phenoxy) is 2. The molecule has 1 aliphatic carbocycles. The van der Waals surface area contributed by atoms with Crippen molar-refractivity contribution >= 4 is 5.91 Å². The number of amides is 1. The number of nitrogens with zero attached hydrogens (tertiary/aromatic N) is 2. The lowest BCUT2D eigenvalue weighted by atomic mass is 9.87. The number of carbonyl (C=O) groups is 1. The van der Waals surface area contributed by atoms with Crippen LogP contribution in [-0.2, 0) is 5.54 Å². The summed E-state index contributed by atoms with van der Waals surface area (Å²) in [6.45, 7) is 2.09. The van der Waals surface area contributed by atoms with Gasteiger partial charge in [0.15, 0.2) is 11.5 Å². The molecule has 1 N–H and O–H groups in total. The second-order valence-corrected chi connectivity index (χ2v) is 6.35. The lowest BCUT2D eigenvalue weighted by molar-refractivity contribution is 0.0892. The molecule has 0 saturated heterocycles. The molecule has 4 rings (SSSR count). The quantitative estimate of drug-likeness (QED) is 0.939. The highest BCUT2D eigenvalue weighted by Crippen LogP contribution is 2.43. The van der Waals surface area contributed by atoms with E-state index in [2.05, 4.69) is 15.3 Å². The minimum atomic E-state index is -0.384. The Bertz CT molecular complexity index is 768. The Morgan fingerprint density at radius 1 is 1.12 bits per heavy atom. The summed E-state index contributed by atoms with van der Waals surface area (Å²) >= 11 is 0. The first-order valence-corrected chi connectivity index (χ1v) is 8.18. The van der Waals surface area contributed by atoms with Crippen molar-refractivity contribution in [3.05, 3.63) is 47.5 Å². The van der Waals surface area contributed by atoms with Crippen LogP contribution in [0.4, 0.5) is 0 Å². The zero-order valence-electron chi connectivity index (χ0n) is 13.5. The zero-order chi connectivity index (χ0) is 16.6. The molecular formula is C18H19N3O3. The number of nitrogens with one attached hydrogen (secondary N) is 1. The molecule has 1 aliphatic heterocycles. The molecule has 1 aromatic carbocycles. The summed E-state index contributed by atoms with van der Waals surface area (Å²) in [7, 11) is 0. The van der Waals surface area contributed by atoms with Gasteiger partial charge in [-0.3, -0.25) is 9.78 Å². The second-order valence-electron chi connectivity index (χ2n) is 6.35. The molecule has 2 aromatic rings. The number of carbonyl (C=O) groups excluding carboxylic acids is 1. The van der Waals surface area contributed by atoms with Gasteiger partial charge in [-0.1, -0.05) is 18.9 Å². The van der Waals surface area contributed by atoms with Crippen LogP contribution in [0.2, 0.25) is 0 Å². The van der Waals surface area contributed by atoms with Gasteiger partial charge in [-0.2, -0.15) is 0 Å². The SMILES string of the molecule is Cc1cnc(C(=O)NC2(c3ccc4c(c3)OCO4)CCCC2)cn1. The van der Waals surface area contributed by atoms with Crippen molar-refractivity contribution in [2.24, 2.45) is 0 Å². The Hall–Kier alpha value is -2.63. The van der Waals surface area contributed by atoms with Crippen molar-refractivity contribution in [2.45, 2.75) is 38.1 Å². The lowest BCUT2D eigenvalue weighted by Gasteiger charge is -2.31. The van der Waals surface area contributed by atoms with E-state index in [-0.39, 0.29) is 18.2 Å². The molecule has 24 heavy (non-hydrogen) atoms. The van der Waals surface area contributed by atoms with E-state index in [1.54, 1.807) is 6.20 Å². The number of benzene rings is 1. The van der Waals surface area contributed by atoms with Gasteiger partial charge in [0.1, 0.15) is 5.69 Å². The van der Waals surface area contributed by atoms with Gasteiger partial charge in [-0.05, 0) is 37.5 Å². The van der Waals surface area contributed by atoms with Crippen molar-refractivity contribution in [1.82, 2.24) is 15.3 Å². The number of aryl methyl sites for hydroxylation is 1. The van der Waals surface area contributed by atoms with Crippen LogP contribution < -0.4 is 14.8 Å². The first kappa shape index (κ1) is 14.9. The predicted molar refractivity (Wildman–Crippen MR) is 86.9 cm³/mol. The fourth-order valence-corrected chi connectivity index (χ4v) is 3.45. The number of aromatic nitrogens is 2. The maximum Gasteiger partial charge on any atom is 0.272 e. The van der Waals surface area contributed by atoms with Crippen LogP contribution in [0.5, 0.6) is 11.5 Å². The summed E-state index contributed by atoms with van der Waals surface area (Å²) in [6.07, 6.45) is 7.09. The minimum Gasteiger partial charge on any atom is -0.454 e. The molecule has 0 unspecified atom stereocenters. The van der Waals surface area contributed by atoms with Crippen LogP contribution in [0.1, 0.15) is 47.4 Å². The minimum absolute atomic E-state index is 0.193. The Morgan fingerprint density at radius 3 is 2.67 bits per heavy atom. The van der Waals surface area contributed by atoms with Crippen LogP contribution in [0, 0.1) is 6.92 Å². The third-order valence-corrected chi connectivity index (χ3v) is 4.75. The molecule has 6 heteroatoms. The first-order valence-electron chi connectivity index (χ1n) is 8.18. The van der Waals surface area contributed by atoms with Gasteiger partial charge in [-0.15, -0.1) is 0 Å². The van der Waals surface area contributed by atoms with E-state index < -0.39 is 0 Å². The van der Waals surface area contributed by atoms with Gasteiger partial charge in [-0.25, -0.2) is 4.98 Å². The third kappa shape index (κ3) is 2.58. The summed E-state index contributed by atoms with van der Waals surface area (Å²) in [4.78, 5) is 21.0. The summed E-state index contributed by atoms with van der Waals surface area (Å²) in [6, 6.07) is 5.91. The fraction of sp³-hybridized carbons (Fsp3) is 0.389. The normalized spacial score (nSPS) is 17.7. The molecule has 0 bridgehead atoms. The van der Waals surface area contributed by atoms with E-state index in [1.165, 1.54) is 6.20 Å². The molecule has 1 amide bonds. The van der Waals surface area contributed by atoms with Crippen molar-refractivity contribution in [3.63, 3.8) is 0 Å². The lowest BCUT2D eigenvalue weighted by Crippen LogP contribution is -2.44. The van der Waals surface area contributed by atoms with Crippen molar-refractivity contribution in [2.75, 3.05) is 6.79 Å². The van der Waals surface area contributed by atoms with Crippen LogP contribution in [0.15, 0.2) is 30.6 Å². The summed E-state index contributed by atoms with van der Waals surface area (Å²) in [5, 5.41) is 3.20. The van der Waals surface area contributed by atoms with Crippen LogP contribution in [0.3, 0.4) is 0 Å². The third-order valence-electron chi connectivity index (χ3n) is 4.75. The van der Waals surface area contributed by atoms with E-state index in [0.29, 0.717) is 5.69 Å².